The minimum Gasteiger partial charge on any atom is -0.395 e. The van der Waals surface area contributed by atoms with E-state index in [-0.39, 0.29) is 83.2 Å². The van der Waals surface area contributed by atoms with Crippen LogP contribution in [-0.4, -0.2) is 92.4 Å². The molecule has 0 aliphatic carbocycles. The second-order valence-electron chi connectivity index (χ2n) is 8.84. The lowest BCUT2D eigenvalue weighted by Gasteiger charge is -2.11. The van der Waals surface area contributed by atoms with Gasteiger partial charge in [-0.3, -0.25) is 9.11 Å². The van der Waals surface area contributed by atoms with Crippen LogP contribution in [0.1, 0.15) is 11.1 Å². The second kappa shape index (κ2) is 14.9. The summed E-state index contributed by atoms with van der Waals surface area (Å²) >= 11 is 11.8. The molecule has 0 unspecified atom stereocenters. The highest BCUT2D eigenvalue weighted by Crippen LogP contribution is 2.28. The minimum atomic E-state index is -4.81. The molecule has 0 amide bonds. The van der Waals surface area contributed by atoms with Crippen LogP contribution in [0.3, 0.4) is 0 Å². The van der Waals surface area contributed by atoms with Crippen molar-refractivity contribution < 1.29 is 36.2 Å². The quantitative estimate of drug-likeness (QED) is 0.0687. The van der Waals surface area contributed by atoms with Gasteiger partial charge in [0.2, 0.25) is 34.4 Å². The maximum absolute atomic E-state index is 12.3. The third kappa shape index (κ3) is 9.61. The van der Waals surface area contributed by atoms with Crippen LogP contribution in [0, 0.1) is 0 Å². The number of halogens is 2. The number of anilines is 6. The van der Waals surface area contributed by atoms with Gasteiger partial charge in [0.25, 0.3) is 20.2 Å². The molecule has 2 aromatic carbocycles. The van der Waals surface area contributed by atoms with Crippen LogP contribution in [0.2, 0.25) is 10.6 Å². The fraction of sp³-hybridized carbons (Fsp3) is 0.167. The maximum atomic E-state index is 12.3. The molecule has 2 heterocycles. The van der Waals surface area contributed by atoms with Crippen LogP contribution >= 0.6 is 23.2 Å². The summed E-state index contributed by atoms with van der Waals surface area (Å²) in [5.41, 5.74) is 0.168. The molecule has 22 heteroatoms. The monoisotopic (exact) mass is 714 g/mol. The highest BCUT2D eigenvalue weighted by atomic mass is 35.5. The van der Waals surface area contributed by atoms with Crippen molar-refractivity contribution in [3.8, 4) is 0 Å². The molecule has 4 rings (SSSR count). The standard InChI is InChI=1S/C24H24Cl2N10O8S2/c25-19-31-21(27-7-9-37)35-23(33-19)29-15-5-3-13(17(11-15)45(39,40)41)1-2-14-4-6-16(12-18(14)46(42,43)44)30-24-34-20(26)32-22(36-24)28-8-10-38/h1-6,11-12,37-38H,7-10H2,(H,39,40,41)(H,42,43,44)(H2,27,29,31,33,35)(H2,28,30,32,34,36). The zero-order chi connectivity index (χ0) is 33.5. The predicted octanol–water partition coefficient (Wildman–Crippen LogP) is 2.32. The number of hydrogen-bond acceptors (Lipinski definition) is 16. The molecule has 0 atom stereocenters. The number of aliphatic hydroxyl groups excluding tert-OH is 2. The molecule has 244 valence electrons. The van der Waals surface area contributed by atoms with E-state index in [4.69, 9.17) is 33.4 Å². The van der Waals surface area contributed by atoms with E-state index >= 15 is 0 Å². The Morgan fingerprint density at radius 2 is 0.978 bits per heavy atom. The van der Waals surface area contributed by atoms with Crippen molar-refractivity contribution in [2.45, 2.75) is 9.79 Å². The van der Waals surface area contributed by atoms with Gasteiger partial charge in [-0.15, -0.1) is 0 Å². The van der Waals surface area contributed by atoms with Gasteiger partial charge in [0.05, 0.1) is 13.2 Å². The van der Waals surface area contributed by atoms with Crippen molar-refractivity contribution in [2.24, 2.45) is 0 Å². The van der Waals surface area contributed by atoms with Gasteiger partial charge in [-0.25, -0.2) is 0 Å². The first-order valence-corrected chi connectivity index (χ1v) is 16.4. The molecule has 4 aromatic rings. The lowest BCUT2D eigenvalue weighted by atomic mass is 10.1. The fourth-order valence-corrected chi connectivity index (χ4v) is 5.43. The van der Waals surface area contributed by atoms with Gasteiger partial charge in [-0.1, -0.05) is 24.3 Å². The number of hydrogen-bond donors (Lipinski definition) is 8. The number of aliphatic hydroxyl groups is 2. The fourth-order valence-electron chi connectivity index (χ4n) is 3.69. The second-order valence-corrected chi connectivity index (χ2v) is 12.3. The zero-order valence-electron chi connectivity index (χ0n) is 23.1. The Bertz CT molecular complexity index is 1840. The summed E-state index contributed by atoms with van der Waals surface area (Å²) < 4.78 is 68.9. The van der Waals surface area contributed by atoms with E-state index in [0.717, 1.165) is 12.1 Å². The molecule has 2 aromatic heterocycles. The van der Waals surface area contributed by atoms with Crippen molar-refractivity contribution in [2.75, 3.05) is 47.6 Å². The summed E-state index contributed by atoms with van der Waals surface area (Å²) in [6.45, 7) is -0.143. The van der Waals surface area contributed by atoms with Crippen molar-refractivity contribution >= 4 is 90.8 Å². The van der Waals surface area contributed by atoms with Gasteiger partial charge in [0.15, 0.2) is 0 Å². The first kappa shape index (κ1) is 34.6. The molecule has 0 bridgehead atoms. The topological polar surface area (TPSA) is 275 Å². The van der Waals surface area contributed by atoms with Crippen LogP contribution in [-0.2, 0) is 20.2 Å². The number of aromatic nitrogens is 6. The van der Waals surface area contributed by atoms with Gasteiger partial charge in [0, 0.05) is 24.5 Å². The summed E-state index contributed by atoms with van der Waals surface area (Å²) in [6, 6.07) is 7.62. The summed E-state index contributed by atoms with van der Waals surface area (Å²) in [6.07, 6.45) is 2.43. The van der Waals surface area contributed by atoms with Gasteiger partial charge in [-0.05, 0) is 58.6 Å². The molecule has 0 spiro atoms. The maximum Gasteiger partial charge on any atom is 0.295 e. The summed E-state index contributed by atoms with van der Waals surface area (Å²) in [5, 5.41) is 28.5. The molecule has 0 aliphatic rings. The Kier molecular flexibility index (Phi) is 11.2. The van der Waals surface area contributed by atoms with Gasteiger partial charge in [0.1, 0.15) is 9.79 Å². The van der Waals surface area contributed by atoms with E-state index in [1.54, 1.807) is 0 Å². The highest BCUT2D eigenvalue weighted by molar-refractivity contribution is 7.86. The van der Waals surface area contributed by atoms with E-state index in [9.17, 15) is 25.9 Å². The predicted molar refractivity (Wildman–Crippen MR) is 169 cm³/mol. The molecule has 46 heavy (non-hydrogen) atoms. The number of nitrogens with zero attached hydrogens (tertiary/aromatic N) is 6. The Morgan fingerprint density at radius 1 is 0.609 bits per heavy atom. The van der Waals surface area contributed by atoms with Crippen molar-refractivity contribution in [3.05, 3.63) is 58.1 Å². The summed E-state index contributed by atoms with van der Waals surface area (Å²) in [7, 11) is -9.62. The zero-order valence-corrected chi connectivity index (χ0v) is 26.3. The third-order valence-electron chi connectivity index (χ3n) is 5.54. The Morgan fingerprint density at radius 3 is 1.33 bits per heavy atom. The summed E-state index contributed by atoms with van der Waals surface area (Å²) in [5.74, 6) is -0.0695. The SMILES string of the molecule is O=S(=O)(O)c1cc(Nc2nc(Cl)nc(NCCO)n2)ccc1C=Cc1ccc(Nc2nc(Cl)nc(NCCO)n2)cc1S(=O)(=O)O. The number of benzene rings is 2. The highest BCUT2D eigenvalue weighted by Gasteiger charge is 2.18. The average Bonchev–Trinajstić information content (AvgIpc) is 2.97. The summed E-state index contributed by atoms with van der Waals surface area (Å²) in [4.78, 5) is 22.5. The van der Waals surface area contributed by atoms with E-state index in [1.165, 1.54) is 36.4 Å². The minimum absolute atomic E-state index is 0.0406. The molecule has 0 fully saturated rings. The van der Waals surface area contributed by atoms with Gasteiger partial charge >= 0.3 is 0 Å². The lowest BCUT2D eigenvalue weighted by Crippen LogP contribution is -2.11. The molecular formula is C24H24Cl2N10O8S2. The van der Waals surface area contributed by atoms with Crippen LogP contribution < -0.4 is 21.3 Å². The molecule has 0 saturated carbocycles. The largest absolute Gasteiger partial charge is 0.395 e. The van der Waals surface area contributed by atoms with Crippen molar-refractivity contribution in [1.29, 1.82) is 0 Å². The Balaban J connectivity index is 1.64. The third-order valence-corrected chi connectivity index (χ3v) is 7.70. The van der Waals surface area contributed by atoms with E-state index in [1.807, 2.05) is 0 Å². The number of rotatable bonds is 14. The molecule has 0 saturated heterocycles. The molecule has 8 N–H and O–H groups in total. The van der Waals surface area contributed by atoms with E-state index in [2.05, 4.69) is 51.2 Å². The Labute approximate surface area is 271 Å². The van der Waals surface area contributed by atoms with Crippen LogP contribution in [0.15, 0.2) is 46.2 Å². The van der Waals surface area contributed by atoms with Gasteiger partial charge < -0.3 is 31.5 Å². The normalized spacial score (nSPS) is 11.9. The van der Waals surface area contributed by atoms with Crippen LogP contribution in [0.4, 0.5) is 35.2 Å². The average molecular weight is 716 g/mol. The first-order valence-electron chi connectivity index (χ1n) is 12.7. The van der Waals surface area contributed by atoms with E-state index < -0.39 is 30.0 Å². The molecule has 18 nitrogen and oxygen atoms in total. The van der Waals surface area contributed by atoms with Gasteiger partial charge in [-0.2, -0.15) is 46.7 Å². The molecule has 0 aliphatic heterocycles. The van der Waals surface area contributed by atoms with Crippen molar-refractivity contribution in [3.63, 3.8) is 0 Å². The molecule has 0 radical (unpaired) electrons. The molecular weight excluding hydrogens is 691 g/mol. The lowest BCUT2D eigenvalue weighted by molar-refractivity contribution is 0.310. The van der Waals surface area contributed by atoms with Crippen molar-refractivity contribution in [1.82, 2.24) is 29.9 Å². The smallest absolute Gasteiger partial charge is 0.295 e. The Hall–Kier alpha value is -4.28. The van der Waals surface area contributed by atoms with Crippen LogP contribution in [0.5, 0.6) is 0 Å². The van der Waals surface area contributed by atoms with E-state index in [0.29, 0.717) is 0 Å². The first-order chi connectivity index (χ1) is 21.7. The van der Waals surface area contributed by atoms with Crippen LogP contribution in [0.25, 0.3) is 12.2 Å². The number of nitrogens with one attached hydrogen (secondary N) is 4.